The van der Waals surface area contributed by atoms with E-state index in [4.69, 9.17) is 10.8 Å². The summed E-state index contributed by atoms with van der Waals surface area (Å²) in [7, 11) is 1.70. The number of rotatable bonds is 1. The molecule has 1 aliphatic rings. The smallest absolute Gasteiger partial charge is 0.234 e. The first-order valence-corrected chi connectivity index (χ1v) is 3.32. The monoisotopic (exact) mass is 144 g/mol. The van der Waals surface area contributed by atoms with E-state index in [1.807, 2.05) is 0 Å². The van der Waals surface area contributed by atoms with Gasteiger partial charge in [0.15, 0.2) is 0 Å². The normalized spacial score (nSPS) is 34.6. The summed E-state index contributed by atoms with van der Waals surface area (Å²) in [4.78, 5) is 12.2. The second-order valence-electron chi connectivity index (χ2n) is 2.64. The van der Waals surface area contributed by atoms with Crippen LogP contribution in [-0.4, -0.2) is 35.2 Å². The minimum atomic E-state index is -0.488. The third kappa shape index (κ3) is 1.12. The third-order valence-electron chi connectivity index (χ3n) is 1.99. The standard InChI is InChI=1S/C6H12N2O2/c1-8-4(6(7)10)2-3-5(8)9/h4-5,9H,2-3H2,1H3,(H2,7,10). The van der Waals surface area contributed by atoms with Crippen LogP contribution in [0.3, 0.4) is 0 Å². The molecule has 0 aliphatic carbocycles. The van der Waals surface area contributed by atoms with Gasteiger partial charge in [0.2, 0.25) is 5.91 Å². The maximum absolute atomic E-state index is 10.6. The largest absolute Gasteiger partial charge is 0.378 e. The fourth-order valence-electron chi connectivity index (χ4n) is 1.26. The van der Waals surface area contributed by atoms with Gasteiger partial charge in [-0.3, -0.25) is 9.69 Å². The Bertz CT molecular complexity index is 149. The molecule has 1 fully saturated rings. The Balaban J connectivity index is 2.57. The van der Waals surface area contributed by atoms with Crippen LogP contribution in [-0.2, 0) is 4.79 Å². The van der Waals surface area contributed by atoms with Gasteiger partial charge in [0.1, 0.15) is 6.23 Å². The number of hydrogen-bond donors (Lipinski definition) is 2. The van der Waals surface area contributed by atoms with Gasteiger partial charge in [-0.25, -0.2) is 0 Å². The van der Waals surface area contributed by atoms with Crippen LogP contribution in [0.4, 0.5) is 0 Å². The van der Waals surface area contributed by atoms with Crippen LogP contribution in [0.2, 0.25) is 0 Å². The van der Waals surface area contributed by atoms with E-state index in [-0.39, 0.29) is 11.9 Å². The lowest BCUT2D eigenvalue weighted by Gasteiger charge is -2.18. The van der Waals surface area contributed by atoms with E-state index in [9.17, 15) is 4.79 Å². The highest BCUT2D eigenvalue weighted by Crippen LogP contribution is 2.19. The lowest BCUT2D eigenvalue weighted by atomic mass is 10.2. The van der Waals surface area contributed by atoms with Gasteiger partial charge >= 0.3 is 0 Å². The average Bonchev–Trinajstić information content (AvgIpc) is 2.14. The molecule has 0 radical (unpaired) electrons. The van der Waals surface area contributed by atoms with Crippen LogP contribution < -0.4 is 5.73 Å². The van der Waals surface area contributed by atoms with Crippen molar-refractivity contribution in [2.75, 3.05) is 7.05 Å². The highest BCUT2D eigenvalue weighted by molar-refractivity contribution is 5.80. The van der Waals surface area contributed by atoms with Gasteiger partial charge in [0.05, 0.1) is 6.04 Å². The SMILES string of the molecule is CN1C(O)CCC1C(N)=O. The van der Waals surface area contributed by atoms with Crippen molar-refractivity contribution in [3.05, 3.63) is 0 Å². The molecule has 0 aromatic carbocycles. The minimum absolute atomic E-state index is 0.269. The molecule has 10 heavy (non-hydrogen) atoms. The van der Waals surface area contributed by atoms with Crippen molar-refractivity contribution in [3.63, 3.8) is 0 Å². The molecule has 2 unspecified atom stereocenters. The molecule has 0 bridgehead atoms. The number of amides is 1. The molecule has 3 N–H and O–H groups in total. The minimum Gasteiger partial charge on any atom is -0.378 e. The van der Waals surface area contributed by atoms with E-state index in [2.05, 4.69) is 0 Å². The maximum atomic E-state index is 10.6. The van der Waals surface area contributed by atoms with E-state index < -0.39 is 6.23 Å². The Morgan fingerprint density at radius 3 is 2.50 bits per heavy atom. The molecule has 58 valence electrons. The molecule has 1 heterocycles. The highest BCUT2D eigenvalue weighted by atomic mass is 16.3. The summed E-state index contributed by atoms with van der Waals surface area (Å²) < 4.78 is 0. The fourth-order valence-corrected chi connectivity index (χ4v) is 1.26. The lowest BCUT2D eigenvalue weighted by Crippen LogP contribution is -2.41. The summed E-state index contributed by atoms with van der Waals surface area (Å²) in [6.45, 7) is 0. The molecule has 0 spiro atoms. The summed E-state index contributed by atoms with van der Waals surface area (Å²) in [5.41, 5.74) is 5.06. The molecule has 0 aromatic heterocycles. The van der Waals surface area contributed by atoms with Gasteiger partial charge in [-0.05, 0) is 19.9 Å². The number of hydrogen-bond acceptors (Lipinski definition) is 3. The molecule has 1 aliphatic heterocycles. The summed E-state index contributed by atoms with van der Waals surface area (Å²) >= 11 is 0. The van der Waals surface area contributed by atoms with Crippen molar-refractivity contribution in [1.29, 1.82) is 0 Å². The molecule has 1 amide bonds. The zero-order chi connectivity index (χ0) is 7.72. The van der Waals surface area contributed by atoms with Crippen LogP contribution >= 0.6 is 0 Å². The van der Waals surface area contributed by atoms with Gasteiger partial charge in [-0.2, -0.15) is 0 Å². The van der Waals surface area contributed by atoms with E-state index in [0.717, 1.165) is 0 Å². The maximum Gasteiger partial charge on any atom is 0.234 e. The summed E-state index contributed by atoms with van der Waals surface area (Å²) in [6.07, 6.45) is 0.828. The van der Waals surface area contributed by atoms with Gasteiger partial charge in [0.25, 0.3) is 0 Å². The molecule has 1 saturated heterocycles. The number of nitrogens with two attached hydrogens (primary N) is 1. The second-order valence-corrected chi connectivity index (χ2v) is 2.64. The number of carbonyl (C=O) groups excluding carboxylic acids is 1. The second kappa shape index (κ2) is 2.56. The molecule has 0 saturated carbocycles. The van der Waals surface area contributed by atoms with Crippen molar-refractivity contribution in [2.24, 2.45) is 5.73 Å². The van der Waals surface area contributed by atoms with Gasteiger partial charge in [0, 0.05) is 0 Å². The zero-order valence-corrected chi connectivity index (χ0v) is 5.95. The van der Waals surface area contributed by atoms with E-state index in [0.29, 0.717) is 12.8 Å². The van der Waals surface area contributed by atoms with Crippen molar-refractivity contribution < 1.29 is 9.90 Å². The summed E-state index contributed by atoms with van der Waals surface area (Å²) in [5, 5.41) is 9.14. The Morgan fingerprint density at radius 1 is 1.70 bits per heavy atom. The molecule has 4 nitrogen and oxygen atoms in total. The summed E-state index contributed by atoms with van der Waals surface area (Å²) in [5.74, 6) is -0.348. The Hall–Kier alpha value is -0.610. The first-order valence-electron chi connectivity index (χ1n) is 3.32. The molecular weight excluding hydrogens is 132 g/mol. The zero-order valence-electron chi connectivity index (χ0n) is 5.95. The van der Waals surface area contributed by atoms with E-state index in [1.165, 1.54) is 0 Å². The van der Waals surface area contributed by atoms with E-state index in [1.54, 1.807) is 11.9 Å². The van der Waals surface area contributed by atoms with Crippen molar-refractivity contribution >= 4 is 5.91 Å². The number of aliphatic hydroxyl groups excluding tert-OH is 1. The third-order valence-corrected chi connectivity index (χ3v) is 1.99. The predicted octanol–water partition coefficient (Wildman–Crippen LogP) is -1.12. The van der Waals surface area contributed by atoms with Crippen molar-refractivity contribution in [2.45, 2.75) is 25.1 Å². The lowest BCUT2D eigenvalue weighted by molar-refractivity contribution is -0.123. The van der Waals surface area contributed by atoms with Crippen LogP contribution in [0.1, 0.15) is 12.8 Å². The average molecular weight is 144 g/mol. The number of carbonyl (C=O) groups is 1. The number of nitrogens with zero attached hydrogens (tertiary/aromatic N) is 1. The van der Waals surface area contributed by atoms with Crippen LogP contribution in [0, 0.1) is 0 Å². The van der Waals surface area contributed by atoms with Crippen molar-refractivity contribution in [3.8, 4) is 0 Å². The molecule has 0 aromatic rings. The Labute approximate surface area is 59.6 Å². The Kier molecular flexibility index (Phi) is 1.92. The van der Waals surface area contributed by atoms with Gasteiger partial charge < -0.3 is 10.8 Å². The molecule has 4 heteroatoms. The number of likely N-dealkylation sites (N-methyl/N-ethyl adjacent to an activating group) is 1. The first-order chi connectivity index (χ1) is 4.63. The quantitative estimate of drug-likeness (QED) is 0.490. The number of primary amides is 1. The van der Waals surface area contributed by atoms with Crippen LogP contribution in [0.25, 0.3) is 0 Å². The Morgan fingerprint density at radius 2 is 2.30 bits per heavy atom. The topological polar surface area (TPSA) is 66.6 Å². The summed E-state index contributed by atoms with van der Waals surface area (Å²) in [6, 6.07) is -0.269. The number of aliphatic hydroxyl groups is 1. The van der Waals surface area contributed by atoms with Gasteiger partial charge in [-0.15, -0.1) is 0 Å². The molecule has 1 rings (SSSR count). The molecule has 2 atom stereocenters. The van der Waals surface area contributed by atoms with Crippen LogP contribution in [0.15, 0.2) is 0 Å². The predicted molar refractivity (Wildman–Crippen MR) is 36.0 cm³/mol. The van der Waals surface area contributed by atoms with Crippen LogP contribution in [0.5, 0.6) is 0 Å². The van der Waals surface area contributed by atoms with Crippen molar-refractivity contribution in [1.82, 2.24) is 4.90 Å². The number of likely N-dealkylation sites (tertiary alicyclic amines) is 1. The molecular formula is C6H12N2O2. The van der Waals surface area contributed by atoms with E-state index >= 15 is 0 Å². The first kappa shape index (κ1) is 7.50. The highest BCUT2D eigenvalue weighted by Gasteiger charge is 2.32. The van der Waals surface area contributed by atoms with Gasteiger partial charge in [-0.1, -0.05) is 0 Å². The fraction of sp³-hybridized carbons (Fsp3) is 0.833.